The Morgan fingerprint density at radius 2 is 0.581 bits per heavy atom. The van der Waals surface area contributed by atoms with Gasteiger partial charge in [0, 0.05) is 12.8 Å². The highest BCUT2D eigenvalue weighted by Gasteiger charge is 2.16. The molecule has 0 aliphatic carbocycles. The van der Waals surface area contributed by atoms with Gasteiger partial charge in [-0.3, -0.25) is 9.59 Å². The van der Waals surface area contributed by atoms with E-state index in [1.807, 2.05) is 0 Å². The van der Waals surface area contributed by atoms with Gasteiger partial charge in [0.1, 0.15) is 6.61 Å². The van der Waals surface area contributed by atoms with E-state index in [2.05, 4.69) is 62.5 Å². The summed E-state index contributed by atoms with van der Waals surface area (Å²) in [6, 6.07) is 0. The minimum Gasteiger partial charge on any atom is -0.462 e. The van der Waals surface area contributed by atoms with Crippen molar-refractivity contribution in [3.63, 3.8) is 0 Å². The fraction of sp³-hybridized carbons (Fsp3) is 0.855. The molecule has 434 valence electrons. The van der Waals surface area contributed by atoms with Crippen LogP contribution >= 0.6 is 0 Å². The molecule has 0 rings (SSSR count). The number of rotatable bonds is 62. The highest BCUT2D eigenvalue weighted by molar-refractivity contribution is 5.70. The Balaban J connectivity index is 3.39. The van der Waals surface area contributed by atoms with Crippen molar-refractivity contribution in [1.29, 1.82) is 0 Å². The molecule has 74 heavy (non-hydrogen) atoms. The molecular weight excluding hydrogens is 909 g/mol. The molecule has 1 atom stereocenters. The molecule has 0 heterocycles. The third-order valence-corrected chi connectivity index (χ3v) is 15.1. The summed E-state index contributed by atoms with van der Waals surface area (Å²) in [6.45, 7) is 4.08. The van der Waals surface area contributed by atoms with Crippen LogP contribution in [0.4, 0.5) is 0 Å². The van der Waals surface area contributed by atoms with Gasteiger partial charge in [0.2, 0.25) is 0 Å². The van der Waals surface area contributed by atoms with Crippen LogP contribution in [0.2, 0.25) is 0 Å². The molecule has 0 radical (unpaired) electrons. The molecule has 1 unspecified atom stereocenters. The standard InChI is InChI=1S/C69H128O5/c1-3-5-7-9-11-13-15-17-19-21-23-25-27-29-30-31-32-33-34-35-36-37-38-40-41-43-45-47-49-51-53-55-57-59-61-63-68(71)73-66-67(65-70)74-69(72)64-62-60-58-56-54-52-50-48-46-44-42-39-28-26-24-22-20-18-16-14-12-10-8-6-4-2/h6,8,12,14,18,20,24,26,67,70H,3-5,7,9-11,13,15-17,19,21-23,25,27-66H2,1-2H3/b8-6-,14-12-,20-18-,26-24-. The second kappa shape index (κ2) is 65.1. The van der Waals surface area contributed by atoms with Crippen molar-refractivity contribution in [3.05, 3.63) is 48.6 Å². The van der Waals surface area contributed by atoms with Crippen molar-refractivity contribution in [2.45, 2.75) is 367 Å². The summed E-state index contributed by atoms with van der Waals surface area (Å²) in [7, 11) is 0. The first kappa shape index (κ1) is 71.9. The second-order valence-corrected chi connectivity index (χ2v) is 22.5. The molecule has 1 N–H and O–H groups in total. The lowest BCUT2D eigenvalue weighted by molar-refractivity contribution is -0.161. The summed E-state index contributed by atoms with van der Waals surface area (Å²) in [5, 5.41) is 9.68. The largest absolute Gasteiger partial charge is 0.462 e. The predicted molar refractivity (Wildman–Crippen MR) is 325 cm³/mol. The highest BCUT2D eigenvalue weighted by atomic mass is 16.6. The van der Waals surface area contributed by atoms with Crippen LogP contribution in [0, 0.1) is 0 Å². The molecule has 0 spiro atoms. The van der Waals surface area contributed by atoms with Gasteiger partial charge in [0.05, 0.1) is 6.61 Å². The SMILES string of the molecule is CC/C=C\C/C=C\C/C=C\C/C=C\CCCCCCCCCCCCCCC(=O)OC(CO)COC(=O)CCCCCCCCCCCCCCCCCCCCCCCCCCCCCCCCCCCCC. The molecule has 0 saturated heterocycles. The number of hydrogen-bond donors (Lipinski definition) is 1. The van der Waals surface area contributed by atoms with E-state index in [1.54, 1.807) is 0 Å². The third-order valence-electron chi connectivity index (χ3n) is 15.1. The minimum absolute atomic E-state index is 0.0627. The summed E-state index contributed by atoms with van der Waals surface area (Å²) < 4.78 is 10.7. The van der Waals surface area contributed by atoms with Gasteiger partial charge >= 0.3 is 11.9 Å². The van der Waals surface area contributed by atoms with Gasteiger partial charge in [-0.05, 0) is 51.4 Å². The van der Waals surface area contributed by atoms with Crippen LogP contribution < -0.4 is 0 Å². The quantitative estimate of drug-likeness (QED) is 0.0373. The lowest BCUT2D eigenvalue weighted by atomic mass is 10.0. The zero-order valence-electron chi connectivity index (χ0n) is 49.9. The van der Waals surface area contributed by atoms with Crippen molar-refractivity contribution >= 4 is 11.9 Å². The Morgan fingerprint density at radius 1 is 0.324 bits per heavy atom. The summed E-state index contributed by atoms with van der Waals surface area (Å²) >= 11 is 0. The molecule has 0 aromatic rings. The maximum Gasteiger partial charge on any atom is 0.306 e. The monoisotopic (exact) mass is 1040 g/mol. The van der Waals surface area contributed by atoms with Gasteiger partial charge in [-0.25, -0.2) is 0 Å². The number of carbonyl (C=O) groups excluding carboxylic acids is 2. The molecule has 0 aromatic heterocycles. The number of ether oxygens (including phenoxy) is 2. The minimum atomic E-state index is -0.773. The van der Waals surface area contributed by atoms with Crippen molar-refractivity contribution < 1.29 is 24.2 Å². The number of aliphatic hydroxyl groups is 1. The van der Waals surface area contributed by atoms with E-state index in [9.17, 15) is 14.7 Å². The zero-order valence-corrected chi connectivity index (χ0v) is 49.9. The molecule has 0 aromatic carbocycles. The van der Waals surface area contributed by atoms with Crippen LogP contribution in [-0.4, -0.2) is 36.4 Å². The predicted octanol–water partition coefficient (Wildman–Crippen LogP) is 22.8. The molecule has 0 aliphatic rings. The molecule has 0 fully saturated rings. The van der Waals surface area contributed by atoms with E-state index in [0.29, 0.717) is 12.8 Å². The van der Waals surface area contributed by atoms with Crippen LogP contribution in [0.25, 0.3) is 0 Å². The molecule has 5 nitrogen and oxygen atoms in total. The number of aliphatic hydroxyl groups excluding tert-OH is 1. The normalized spacial score (nSPS) is 12.4. The molecule has 0 aliphatic heterocycles. The fourth-order valence-corrected chi connectivity index (χ4v) is 10.2. The third kappa shape index (κ3) is 62.4. The smallest absolute Gasteiger partial charge is 0.306 e. The molecule has 0 amide bonds. The average Bonchev–Trinajstić information content (AvgIpc) is 3.40. The van der Waals surface area contributed by atoms with E-state index in [4.69, 9.17) is 9.47 Å². The summed E-state index contributed by atoms with van der Waals surface area (Å²) in [5.41, 5.74) is 0. The first-order chi connectivity index (χ1) is 36.6. The summed E-state index contributed by atoms with van der Waals surface area (Å²) in [6.07, 6.45) is 87.1. The topological polar surface area (TPSA) is 72.8 Å². The lowest BCUT2D eigenvalue weighted by Gasteiger charge is -2.15. The van der Waals surface area contributed by atoms with Gasteiger partial charge in [0.25, 0.3) is 0 Å². The second-order valence-electron chi connectivity index (χ2n) is 22.5. The van der Waals surface area contributed by atoms with Gasteiger partial charge in [-0.2, -0.15) is 0 Å². The van der Waals surface area contributed by atoms with Crippen molar-refractivity contribution in [3.8, 4) is 0 Å². The van der Waals surface area contributed by atoms with Gasteiger partial charge < -0.3 is 14.6 Å². The van der Waals surface area contributed by atoms with Crippen molar-refractivity contribution in [1.82, 2.24) is 0 Å². The molecule has 5 heteroatoms. The maximum absolute atomic E-state index is 12.3. The van der Waals surface area contributed by atoms with E-state index in [0.717, 1.165) is 57.8 Å². The Bertz CT molecular complexity index is 1220. The Labute approximate surface area is 462 Å². The van der Waals surface area contributed by atoms with E-state index in [1.165, 1.54) is 276 Å². The Hall–Kier alpha value is -2.14. The maximum atomic E-state index is 12.3. The Morgan fingerprint density at radius 3 is 0.878 bits per heavy atom. The van der Waals surface area contributed by atoms with Crippen LogP contribution in [0.15, 0.2) is 48.6 Å². The number of allylic oxidation sites excluding steroid dienone is 8. The molecular formula is C69H128O5. The van der Waals surface area contributed by atoms with Gasteiger partial charge in [-0.15, -0.1) is 0 Å². The Kier molecular flexibility index (Phi) is 63.3. The highest BCUT2D eigenvalue weighted by Crippen LogP contribution is 2.19. The van der Waals surface area contributed by atoms with Crippen molar-refractivity contribution in [2.24, 2.45) is 0 Å². The van der Waals surface area contributed by atoms with Crippen LogP contribution in [0.3, 0.4) is 0 Å². The lowest BCUT2D eigenvalue weighted by Crippen LogP contribution is -2.28. The fourth-order valence-electron chi connectivity index (χ4n) is 10.2. The van der Waals surface area contributed by atoms with Crippen LogP contribution in [0.5, 0.6) is 0 Å². The van der Waals surface area contributed by atoms with Crippen molar-refractivity contribution in [2.75, 3.05) is 13.2 Å². The molecule has 0 saturated carbocycles. The first-order valence-electron chi connectivity index (χ1n) is 33.2. The van der Waals surface area contributed by atoms with Crippen LogP contribution in [0.1, 0.15) is 361 Å². The van der Waals surface area contributed by atoms with Crippen LogP contribution in [-0.2, 0) is 19.1 Å². The number of unbranched alkanes of at least 4 members (excludes halogenated alkanes) is 46. The average molecular weight is 1040 g/mol. The zero-order chi connectivity index (χ0) is 53.4. The van der Waals surface area contributed by atoms with E-state index in [-0.39, 0.29) is 25.2 Å². The summed E-state index contributed by atoms with van der Waals surface area (Å²) in [4.78, 5) is 24.6. The number of hydrogen-bond acceptors (Lipinski definition) is 5. The number of carbonyl (C=O) groups is 2. The number of esters is 2. The summed E-state index contributed by atoms with van der Waals surface area (Å²) in [5.74, 6) is -0.575. The van der Waals surface area contributed by atoms with E-state index < -0.39 is 6.10 Å². The first-order valence-corrected chi connectivity index (χ1v) is 33.2. The molecule has 0 bridgehead atoms. The van der Waals surface area contributed by atoms with Gasteiger partial charge in [-0.1, -0.05) is 345 Å². The van der Waals surface area contributed by atoms with E-state index >= 15 is 0 Å². The van der Waals surface area contributed by atoms with Gasteiger partial charge in [0.15, 0.2) is 6.10 Å².